The minimum Gasteiger partial charge on any atom is -0.510 e. The van der Waals surface area contributed by atoms with Crippen LogP contribution in [-0.4, -0.2) is 82.5 Å². The molecule has 1 aromatic carbocycles. The molecule has 3 aliphatic rings. The molecule has 2 aromatic heterocycles. The minimum absolute atomic E-state index is 0.0597. The quantitative estimate of drug-likeness (QED) is 0.328. The van der Waals surface area contributed by atoms with Crippen molar-refractivity contribution in [2.75, 3.05) is 33.1 Å². The van der Waals surface area contributed by atoms with Gasteiger partial charge in [0.15, 0.2) is 17.0 Å². The summed E-state index contributed by atoms with van der Waals surface area (Å²) in [6.45, 7) is 0. The maximum atomic E-state index is 14.3. The number of fused-ring (bicyclic) bond motifs is 5. The Labute approximate surface area is 240 Å². The summed E-state index contributed by atoms with van der Waals surface area (Å²) in [6, 6.07) is 4.30. The standard InChI is InChI=1S/C30H30N4O8/c1-33(2)18-12-17-26(42-19(32-17)8-7-14-6-5-9-41-14)21-15(18)10-13-11-16-23(34(3)4)25(36)22(29(31)39)28(38)30(16,40)27(37)20(13)24(21)35/h5-9,12-13,16,23,36-37,40H,10-11H2,1-4H3,(H2,31,39)/b8-7+/t13-,16-,23-,30-/m0/s1. The molecule has 2 heterocycles. The van der Waals surface area contributed by atoms with E-state index in [-0.39, 0.29) is 35.5 Å². The third-order valence-electron chi connectivity index (χ3n) is 8.51. The fourth-order valence-electron chi connectivity index (χ4n) is 6.71. The summed E-state index contributed by atoms with van der Waals surface area (Å²) in [4.78, 5) is 47.9. The molecule has 3 aromatic rings. The molecule has 0 saturated carbocycles. The first-order valence-corrected chi connectivity index (χ1v) is 13.4. The second-order valence-corrected chi connectivity index (χ2v) is 11.4. The molecule has 5 N–H and O–H groups in total. The first kappa shape index (κ1) is 27.5. The summed E-state index contributed by atoms with van der Waals surface area (Å²) >= 11 is 0. The van der Waals surface area contributed by atoms with Gasteiger partial charge < -0.3 is 34.8 Å². The van der Waals surface area contributed by atoms with Gasteiger partial charge in [-0.3, -0.25) is 19.3 Å². The summed E-state index contributed by atoms with van der Waals surface area (Å²) in [5, 5.41) is 34.4. The zero-order valence-corrected chi connectivity index (χ0v) is 23.4. The number of Topliss-reactive ketones (excluding diaryl/α,β-unsaturated/α-hetero) is 2. The van der Waals surface area contributed by atoms with Gasteiger partial charge >= 0.3 is 0 Å². The molecule has 3 aliphatic carbocycles. The van der Waals surface area contributed by atoms with Gasteiger partial charge in [-0.1, -0.05) is 0 Å². The van der Waals surface area contributed by atoms with Crippen molar-refractivity contribution < 1.29 is 38.5 Å². The highest BCUT2D eigenvalue weighted by Crippen LogP contribution is 2.53. The summed E-state index contributed by atoms with van der Waals surface area (Å²) in [5.41, 5.74) is 3.99. The molecule has 42 heavy (non-hydrogen) atoms. The lowest BCUT2D eigenvalue weighted by Crippen LogP contribution is -2.63. The van der Waals surface area contributed by atoms with Crippen LogP contribution in [0, 0.1) is 11.8 Å². The number of benzene rings is 1. The number of oxazole rings is 1. The number of furan rings is 1. The lowest BCUT2D eigenvalue weighted by atomic mass is 9.58. The fourth-order valence-corrected chi connectivity index (χ4v) is 6.71. The second-order valence-electron chi connectivity index (χ2n) is 11.4. The number of allylic oxidation sites excluding steroid dienone is 1. The van der Waals surface area contributed by atoms with Crippen LogP contribution in [0.25, 0.3) is 23.3 Å². The van der Waals surface area contributed by atoms with Crippen molar-refractivity contribution in [2.24, 2.45) is 17.6 Å². The number of anilines is 1. The lowest BCUT2D eigenvalue weighted by molar-refractivity contribution is -0.148. The van der Waals surface area contributed by atoms with Gasteiger partial charge in [0.1, 0.15) is 28.4 Å². The number of nitrogens with zero attached hydrogens (tertiary/aromatic N) is 3. The van der Waals surface area contributed by atoms with Crippen molar-refractivity contribution in [3.8, 4) is 0 Å². The van der Waals surface area contributed by atoms with Gasteiger partial charge in [-0.15, -0.1) is 0 Å². The number of rotatable bonds is 5. The number of aliphatic hydroxyl groups excluding tert-OH is 2. The number of likely N-dealkylation sites (N-methyl/N-ethyl adjacent to an activating group) is 1. The number of carbonyl (C=O) groups excluding carboxylic acids is 3. The van der Waals surface area contributed by atoms with E-state index in [1.807, 2.05) is 25.1 Å². The Morgan fingerprint density at radius 1 is 1.19 bits per heavy atom. The molecule has 4 atom stereocenters. The van der Waals surface area contributed by atoms with Gasteiger partial charge in [0.25, 0.3) is 5.91 Å². The van der Waals surface area contributed by atoms with E-state index in [9.17, 15) is 29.7 Å². The summed E-state index contributed by atoms with van der Waals surface area (Å²) in [6.07, 6.45) is 5.14. The Hall–Kier alpha value is -4.68. The third-order valence-corrected chi connectivity index (χ3v) is 8.51. The Morgan fingerprint density at radius 2 is 1.93 bits per heavy atom. The fraction of sp³-hybridized carbons (Fsp3) is 0.333. The van der Waals surface area contributed by atoms with Crippen molar-refractivity contribution in [1.82, 2.24) is 9.88 Å². The van der Waals surface area contributed by atoms with Crippen LogP contribution in [0.1, 0.15) is 34.0 Å². The maximum absolute atomic E-state index is 14.3. The number of aliphatic hydroxyl groups is 3. The number of carbonyl (C=O) groups is 3. The normalized spacial score (nSPS) is 25.8. The van der Waals surface area contributed by atoms with Crippen LogP contribution in [0.3, 0.4) is 0 Å². The zero-order valence-electron chi connectivity index (χ0n) is 23.4. The summed E-state index contributed by atoms with van der Waals surface area (Å²) < 4.78 is 11.3. The highest BCUT2D eigenvalue weighted by molar-refractivity contribution is 6.25. The smallest absolute Gasteiger partial charge is 0.255 e. The number of ketones is 2. The Bertz CT molecular complexity index is 1760. The van der Waals surface area contributed by atoms with E-state index in [1.54, 1.807) is 38.4 Å². The molecule has 0 saturated heterocycles. The molecule has 218 valence electrons. The van der Waals surface area contributed by atoms with Gasteiger partial charge in [0.05, 0.1) is 17.9 Å². The molecule has 0 radical (unpaired) electrons. The first-order chi connectivity index (χ1) is 19.9. The average molecular weight is 575 g/mol. The summed E-state index contributed by atoms with van der Waals surface area (Å²) in [5.74, 6) is -5.39. The molecule has 0 bridgehead atoms. The van der Waals surface area contributed by atoms with Crippen molar-refractivity contribution >= 4 is 46.4 Å². The van der Waals surface area contributed by atoms with Gasteiger partial charge in [-0.2, -0.15) is 0 Å². The molecule has 12 nitrogen and oxygen atoms in total. The molecular weight excluding hydrogens is 544 g/mol. The van der Waals surface area contributed by atoms with Gasteiger partial charge in [-0.25, -0.2) is 4.98 Å². The molecular formula is C30H30N4O8. The number of nitrogens with two attached hydrogens (primary N) is 1. The van der Waals surface area contributed by atoms with Crippen LogP contribution < -0.4 is 10.6 Å². The molecule has 12 heteroatoms. The number of primary amides is 1. The number of hydrogen-bond donors (Lipinski definition) is 4. The third kappa shape index (κ3) is 3.75. The molecule has 0 fully saturated rings. The van der Waals surface area contributed by atoms with Crippen LogP contribution in [0.5, 0.6) is 0 Å². The van der Waals surface area contributed by atoms with E-state index in [0.29, 0.717) is 16.8 Å². The molecule has 1 amide bonds. The van der Waals surface area contributed by atoms with E-state index in [1.165, 1.54) is 11.2 Å². The predicted molar refractivity (Wildman–Crippen MR) is 152 cm³/mol. The monoisotopic (exact) mass is 574 g/mol. The van der Waals surface area contributed by atoms with Crippen LogP contribution in [0.2, 0.25) is 0 Å². The first-order valence-electron chi connectivity index (χ1n) is 13.4. The highest BCUT2D eigenvalue weighted by Gasteiger charge is 2.63. The van der Waals surface area contributed by atoms with Crippen LogP contribution in [0.15, 0.2) is 56.0 Å². The van der Waals surface area contributed by atoms with Gasteiger partial charge in [0, 0.05) is 37.3 Å². The van der Waals surface area contributed by atoms with E-state index in [2.05, 4.69) is 4.98 Å². The highest BCUT2D eigenvalue weighted by atomic mass is 16.4. The SMILES string of the molecule is CN(C)c1cc2nc(/C=C/c3ccco3)oc2c2c1C[C@H]1C[C@H]3[C@H](N(C)C)C(O)=C(C(N)=O)C(=O)[C@@]3(O)C(O)=C1C2=O. The maximum Gasteiger partial charge on any atom is 0.255 e. The zero-order chi connectivity index (χ0) is 30.2. The van der Waals surface area contributed by atoms with Crippen LogP contribution >= 0.6 is 0 Å². The van der Waals surface area contributed by atoms with Gasteiger partial charge in [0.2, 0.25) is 11.7 Å². The van der Waals surface area contributed by atoms with E-state index >= 15 is 0 Å². The largest absolute Gasteiger partial charge is 0.510 e. The Balaban J connectivity index is 1.55. The predicted octanol–water partition coefficient (Wildman–Crippen LogP) is 2.39. The molecule has 0 unspecified atom stereocenters. The van der Waals surface area contributed by atoms with E-state index in [0.717, 1.165) is 5.69 Å². The lowest BCUT2D eigenvalue weighted by Gasteiger charge is -2.50. The van der Waals surface area contributed by atoms with Crippen LogP contribution in [-0.2, 0) is 16.0 Å². The van der Waals surface area contributed by atoms with Crippen molar-refractivity contribution in [3.63, 3.8) is 0 Å². The van der Waals surface area contributed by atoms with Crippen molar-refractivity contribution in [1.29, 1.82) is 0 Å². The second kappa shape index (κ2) is 9.43. The van der Waals surface area contributed by atoms with Crippen LogP contribution in [0.4, 0.5) is 5.69 Å². The van der Waals surface area contributed by atoms with Crippen molar-refractivity contribution in [2.45, 2.75) is 24.5 Å². The number of amides is 1. The number of hydrogen-bond acceptors (Lipinski definition) is 11. The average Bonchev–Trinajstić information content (AvgIpc) is 3.58. The Morgan fingerprint density at radius 3 is 2.55 bits per heavy atom. The topological polar surface area (TPSA) is 184 Å². The van der Waals surface area contributed by atoms with Crippen molar-refractivity contribution in [3.05, 3.63) is 69.9 Å². The van der Waals surface area contributed by atoms with Gasteiger partial charge in [-0.05, 0) is 62.7 Å². The minimum atomic E-state index is -2.65. The Kier molecular flexibility index (Phi) is 6.17. The molecule has 6 rings (SSSR count). The van der Waals surface area contributed by atoms with E-state index < -0.39 is 58.0 Å². The number of aromatic nitrogens is 1. The van der Waals surface area contributed by atoms with E-state index in [4.69, 9.17) is 14.6 Å². The molecule has 0 spiro atoms. The summed E-state index contributed by atoms with van der Waals surface area (Å²) in [7, 11) is 6.89. The molecule has 0 aliphatic heterocycles.